The number of aliphatic hydroxyl groups is 1. The molecule has 7 heteroatoms. The number of rotatable bonds is 4. The average Bonchev–Trinajstić information content (AvgIpc) is 2.55. The Labute approximate surface area is 133 Å². The number of piperazine rings is 1. The van der Waals surface area contributed by atoms with Crippen LogP contribution in [0.25, 0.3) is 0 Å². The van der Waals surface area contributed by atoms with Crippen molar-refractivity contribution in [2.24, 2.45) is 0 Å². The van der Waals surface area contributed by atoms with Gasteiger partial charge in [0.15, 0.2) is 11.6 Å². The standard InChI is InChI=1S/C16H20F2N2O3/c1-11(21)16(23)20-8-6-19(7-9-20)15(22)5-3-12-2-4-13(17)14(18)10-12/h2,4,10-11,21H,3,5-9H2,1H3. The Kier molecular flexibility index (Phi) is 5.65. The zero-order chi connectivity index (χ0) is 17.0. The summed E-state index contributed by atoms with van der Waals surface area (Å²) in [6, 6.07) is 3.61. The lowest BCUT2D eigenvalue weighted by atomic mass is 10.1. The lowest BCUT2D eigenvalue weighted by molar-refractivity contribution is -0.144. The molecule has 0 aromatic heterocycles. The summed E-state index contributed by atoms with van der Waals surface area (Å²) in [5.41, 5.74) is 0.570. The molecule has 1 N–H and O–H groups in total. The van der Waals surface area contributed by atoms with Crippen molar-refractivity contribution >= 4 is 11.8 Å². The minimum absolute atomic E-state index is 0.0844. The highest BCUT2D eigenvalue weighted by atomic mass is 19.2. The van der Waals surface area contributed by atoms with Crippen LogP contribution in [0.2, 0.25) is 0 Å². The van der Waals surface area contributed by atoms with Gasteiger partial charge in [0.25, 0.3) is 5.91 Å². The van der Waals surface area contributed by atoms with Crippen molar-refractivity contribution in [1.82, 2.24) is 9.80 Å². The predicted molar refractivity (Wildman–Crippen MR) is 79.5 cm³/mol. The van der Waals surface area contributed by atoms with E-state index in [4.69, 9.17) is 0 Å². The van der Waals surface area contributed by atoms with Gasteiger partial charge in [-0.25, -0.2) is 8.78 Å². The fraction of sp³-hybridized carbons (Fsp3) is 0.500. The third-order valence-electron chi connectivity index (χ3n) is 3.91. The first-order chi connectivity index (χ1) is 10.9. The Morgan fingerprint density at radius 1 is 1.13 bits per heavy atom. The van der Waals surface area contributed by atoms with Gasteiger partial charge in [0, 0.05) is 32.6 Å². The van der Waals surface area contributed by atoms with Crippen LogP contribution in [-0.2, 0) is 16.0 Å². The molecule has 1 aromatic rings. The molecule has 23 heavy (non-hydrogen) atoms. The smallest absolute Gasteiger partial charge is 0.251 e. The first-order valence-electron chi connectivity index (χ1n) is 7.57. The van der Waals surface area contributed by atoms with Crippen LogP contribution in [0.1, 0.15) is 18.9 Å². The number of benzene rings is 1. The summed E-state index contributed by atoms with van der Waals surface area (Å²) in [5.74, 6) is -2.24. The first kappa shape index (κ1) is 17.3. The highest BCUT2D eigenvalue weighted by molar-refractivity contribution is 5.81. The summed E-state index contributed by atoms with van der Waals surface area (Å²) in [5, 5.41) is 9.27. The van der Waals surface area contributed by atoms with E-state index in [-0.39, 0.29) is 18.2 Å². The minimum Gasteiger partial charge on any atom is -0.384 e. The highest BCUT2D eigenvalue weighted by Gasteiger charge is 2.25. The van der Waals surface area contributed by atoms with Crippen molar-refractivity contribution in [1.29, 1.82) is 0 Å². The fourth-order valence-corrected chi connectivity index (χ4v) is 2.54. The second kappa shape index (κ2) is 7.50. The van der Waals surface area contributed by atoms with E-state index >= 15 is 0 Å². The van der Waals surface area contributed by atoms with E-state index in [0.29, 0.717) is 38.2 Å². The normalized spacial score (nSPS) is 16.3. The van der Waals surface area contributed by atoms with Gasteiger partial charge in [0.05, 0.1) is 0 Å². The van der Waals surface area contributed by atoms with Gasteiger partial charge in [-0.2, -0.15) is 0 Å². The van der Waals surface area contributed by atoms with E-state index in [9.17, 15) is 23.5 Å². The number of nitrogens with zero attached hydrogens (tertiary/aromatic N) is 2. The number of hydrogen-bond acceptors (Lipinski definition) is 3. The molecular formula is C16H20F2N2O3. The Balaban J connectivity index is 1.81. The van der Waals surface area contributed by atoms with Gasteiger partial charge >= 0.3 is 0 Å². The van der Waals surface area contributed by atoms with E-state index in [1.165, 1.54) is 17.9 Å². The van der Waals surface area contributed by atoms with Crippen molar-refractivity contribution in [2.45, 2.75) is 25.9 Å². The van der Waals surface area contributed by atoms with Crippen molar-refractivity contribution < 1.29 is 23.5 Å². The molecule has 0 aliphatic carbocycles. The van der Waals surface area contributed by atoms with Crippen molar-refractivity contribution in [3.05, 3.63) is 35.4 Å². The Bertz CT molecular complexity index is 585. The Hall–Kier alpha value is -2.02. The largest absolute Gasteiger partial charge is 0.384 e. The molecule has 2 amide bonds. The van der Waals surface area contributed by atoms with Crippen LogP contribution in [0.3, 0.4) is 0 Å². The van der Waals surface area contributed by atoms with Gasteiger partial charge in [-0.05, 0) is 31.0 Å². The molecule has 1 heterocycles. The molecule has 1 aromatic carbocycles. The Morgan fingerprint density at radius 3 is 2.30 bits per heavy atom. The van der Waals surface area contributed by atoms with E-state index in [1.54, 1.807) is 4.90 Å². The van der Waals surface area contributed by atoms with Crippen molar-refractivity contribution in [3.8, 4) is 0 Å². The van der Waals surface area contributed by atoms with E-state index < -0.39 is 17.7 Å². The predicted octanol–water partition coefficient (Wildman–Crippen LogP) is 0.949. The number of carbonyl (C=O) groups is 2. The summed E-state index contributed by atoms with van der Waals surface area (Å²) >= 11 is 0. The average molecular weight is 326 g/mol. The van der Waals surface area contributed by atoms with Crippen LogP contribution < -0.4 is 0 Å². The molecule has 1 aliphatic rings. The van der Waals surface area contributed by atoms with Crippen LogP contribution in [0.4, 0.5) is 8.78 Å². The molecule has 1 saturated heterocycles. The molecule has 5 nitrogen and oxygen atoms in total. The first-order valence-corrected chi connectivity index (χ1v) is 7.57. The summed E-state index contributed by atoms with van der Waals surface area (Å²) < 4.78 is 26.0. The summed E-state index contributed by atoms with van der Waals surface area (Å²) in [4.78, 5) is 27.0. The van der Waals surface area contributed by atoms with Gasteiger partial charge in [-0.3, -0.25) is 9.59 Å². The molecule has 1 aliphatic heterocycles. The quantitative estimate of drug-likeness (QED) is 0.896. The van der Waals surface area contributed by atoms with E-state index in [0.717, 1.165) is 12.1 Å². The monoisotopic (exact) mass is 326 g/mol. The number of amides is 2. The third kappa shape index (κ3) is 4.48. The molecule has 2 rings (SSSR count). The van der Waals surface area contributed by atoms with Gasteiger partial charge in [0.2, 0.25) is 5.91 Å². The van der Waals surface area contributed by atoms with Crippen molar-refractivity contribution in [2.75, 3.05) is 26.2 Å². The Morgan fingerprint density at radius 2 is 1.74 bits per heavy atom. The molecule has 0 radical (unpaired) electrons. The van der Waals surface area contributed by atoms with Crippen molar-refractivity contribution in [3.63, 3.8) is 0 Å². The minimum atomic E-state index is -1.04. The fourth-order valence-electron chi connectivity index (χ4n) is 2.54. The lowest BCUT2D eigenvalue weighted by Gasteiger charge is -2.35. The number of halogens is 2. The maximum atomic E-state index is 13.1. The van der Waals surface area contributed by atoms with Crippen LogP contribution in [-0.4, -0.2) is 59.0 Å². The highest BCUT2D eigenvalue weighted by Crippen LogP contribution is 2.12. The molecule has 1 fully saturated rings. The summed E-state index contributed by atoms with van der Waals surface area (Å²) in [6.07, 6.45) is -0.497. The third-order valence-corrected chi connectivity index (χ3v) is 3.91. The SMILES string of the molecule is CC(O)C(=O)N1CCN(C(=O)CCc2ccc(F)c(F)c2)CC1. The van der Waals surface area contributed by atoms with Gasteiger partial charge in [-0.1, -0.05) is 6.07 Å². The molecule has 0 spiro atoms. The number of aliphatic hydroxyl groups excluding tert-OH is 1. The van der Waals surface area contributed by atoms with Crippen LogP contribution in [0.5, 0.6) is 0 Å². The number of aryl methyl sites for hydroxylation is 1. The molecule has 0 bridgehead atoms. The molecule has 1 unspecified atom stereocenters. The van der Waals surface area contributed by atoms with Crippen LogP contribution in [0, 0.1) is 11.6 Å². The molecule has 1 atom stereocenters. The molecule has 126 valence electrons. The topological polar surface area (TPSA) is 60.9 Å². The second-order valence-corrected chi connectivity index (χ2v) is 5.63. The van der Waals surface area contributed by atoms with Gasteiger partial charge in [-0.15, -0.1) is 0 Å². The maximum absolute atomic E-state index is 13.1. The van der Waals surface area contributed by atoms with Gasteiger partial charge in [0.1, 0.15) is 6.10 Å². The maximum Gasteiger partial charge on any atom is 0.251 e. The summed E-state index contributed by atoms with van der Waals surface area (Å²) in [7, 11) is 0. The van der Waals surface area contributed by atoms with Crippen LogP contribution >= 0.6 is 0 Å². The second-order valence-electron chi connectivity index (χ2n) is 5.63. The zero-order valence-corrected chi connectivity index (χ0v) is 13.0. The zero-order valence-electron chi connectivity index (χ0n) is 13.0. The van der Waals surface area contributed by atoms with Crippen LogP contribution in [0.15, 0.2) is 18.2 Å². The lowest BCUT2D eigenvalue weighted by Crippen LogP contribution is -2.52. The number of carbonyl (C=O) groups excluding carboxylic acids is 2. The number of hydrogen-bond donors (Lipinski definition) is 1. The van der Waals surface area contributed by atoms with E-state index in [2.05, 4.69) is 0 Å². The van der Waals surface area contributed by atoms with E-state index in [1.807, 2.05) is 0 Å². The summed E-state index contributed by atoms with van der Waals surface area (Å²) in [6.45, 7) is 3.02. The molecular weight excluding hydrogens is 306 g/mol. The molecule has 0 saturated carbocycles. The van der Waals surface area contributed by atoms with Gasteiger partial charge < -0.3 is 14.9 Å².